The summed E-state index contributed by atoms with van der Waals surface area (Å²) in [6.07, 6.45) is 0.241. The molecule has 0 radical (unpaired) electrons. The molecular weight excluding hydrogens is 440 g/mol. The Morgan fingerprint density at radius 2 is 1.79 bits per heavy atom. The van der Waals surface area contributed by atoms with Crippen LogP contribution in [0.5, 0.6) is 17.2 Å². The number of carbonyl (C=O) groups excluding carboxylic acids is 1. The lowest BCUT2D eigenvalue weighted by molar-refractivity contribution is -0.116. The Labute approximate surface area is 197 Å². The van der Waals surface area contributed by atoms with E-state index in [4.69, 9.17) is 18.9 Å². The molecular formula is C24H28N4O6. The largest absolute Gasteiger partial charge is 0.497 e. The van der Waals surface area contributed by atoms with E-state index >= 15 is 0 Å². The Morgan fingerprint density at radius 3 is 2.47 bits per heavy atom. The van der Waals surface area contributed by atoms with Gasteiger partial charge in [-0.1, -0.05) is 0 Å². The fourth-order valence-electron chi connectivity index (χ4n) is 3.07. The van der Waals surface area contributed by atoms with Crippen LogP contribution in [0.2, 0.25) is 0 Å². The van der Waals surface area contributed by atoms with Crippen LogP contribution in [0.15, 0.2) is 47.3 Å². The smallest absolute Gasteiger partial charge is 0.273 e. The molecule has 1 aromatic heterocycles. The molecule has 180 valence electrons. The van der Waals surface area contributed by atoms with Gasteiger partial charge >= 0.3 is 0 Å². The van der Waals surface area contributed by atoms with Gasteiger partial charge in [0.1, 0.15) is 18.1 Å². The van der Waals surface area contributed by atoms with Crippen LogP contribution in [-0.2, 0) is 16.0 Å². The highest BCUT2D eigenvalue weighted by Crippen LogP contribution is 2.31. The van der Waals surface area contributed by atoms with E-state index in [-0.39, 0.29) is 30.3 Å². The second-order valence-electron chi connectivity index (χ2n) is 7.14. The summed E-state index contributed by atoms with van der Waals surface area (Å²) in [5.74, 6) is 1.80. The molecule has 1 heterocycles. The molecule has 10 heteroatoms. The maximum absolute atomic E-state index is 12.5. The van der Waals surface area contributed by atoms with Crippen LogP contribution in [0, 0.1) is 0 Å². The zero-order valence-electron chi connectivity index (χ0n) is 19.4. The zero-order valence-corrected chi connectivity index (χ0v) is 19.4. The lowest BCUT2D eigenvalue weighted by Crippen LogP contribution is -2.20. The van der Waals surface area contributed by atoms with E-state index in [2.05, 4.69) is 20.5 Å². The van der Waals surface area contributed by atoms with Gasteiger partial charge in [0, 0.05) is 30.7 Å². The third-order valence-corrected chi connectivity index (χ3v) is 4.85. The van der Waals surface area contributed by atoms with Gasteiger partial charge in [0.2, 0.25) is 5.91 Å². The number of rotatable bonds is 12. The number of anilines is 1. The molecule has 0 unspecified atom stereocenters. The first-order chi connectivity index (χ1) is 16.5. The van der Waals surface area contributed by atoms with E-state index in [9.17, 15) is 9.59 Å². The summed E-state index contributed by atoms with van der Waals surface area (Å²) in [5, 5.41) is 10.9. The predicted molar refractivity (Wildman–Crippen MR) is 127 cm³/mol. The predicted octanol–water partition coefficient (Wildman–Crippen LogP) is 2.84. The second kappa shape index (κ2) is 12.4. The van der Waals surface area contributed by atoms with Crippen molar-refractivity contribution in [1.29, 1.82) is 0 Å². The van der Waals surface area contributed by atoms with Gasteiger partial charge < -0.3 is 29.2 Å². The number of carbonyl (C=O) groups is 1. The van der Waals surface area contributed by atoms with Crippen molar-refractivity contribution in [2.45, 2.75) is 19.8 Å². The van der Waals surface area contributed by atoms with E-state index in [0.717, 1.165) is 0 Å². The third kappa shape index (κ3) is 6.79. The molecule has 0 saturated heterocycles. The summed E-state index contributed by atoms with van der Waals surface area (Å²) >= 11 is 0. The fraction of sp³-hybridized carbons (Fsp3) is 0.333. The van der Waals surface area contributed by atoms with E-state index in [1.54, 1.807) is 49.6 Å². The van der Waals surface area contributed by atoms with Gasteiger partial charge in [-0.2, -0.15) is 0 Å². The summed E-state index contributed by atoms with van der Waals surface area (Å²) in [6.45, 7) is 3.40. The van der Waals surface area contributed by atoms with Gasteiger partial charge in [-0.15, -0.1) is 10.2 Å². The highest BCUT2D eigenvalue weighted by Gasteiger charge is 2.12. The number of amides is 1. The van der Waals surface area contributed by atoms with Gasteiger partial charge in [0.25, 0.3) is 5.56 Å². The maximum Gasteiger partial charge on any atom is 0.273 e. The standard InChI is InChI=1S/C24H28N4O6/c1-4-33-13-14-34-20-11-5-16(15-21(20)32-3)23-26-24(30)19(27-28-23)10-12-22(29)25-17-6-8-18(31-2)9-7-17/h5-9,11,15H,4,10,12-14H2,1-3H3,(H,25,29)(H,26,28,30). The lowest BCUT2D eigenvalue weighted by Gasteiger charge is -2.12. The molecule has 0 saturated carbocycles. The van der Waals surface area contributed by atoms with Gasteiger partial charge in [-0.25, -0.2) is 0 Å². The quantitative estimate of drug-likeness (QED) is 0.389. The van der Waals surface area contributed by atoms with Crippen LogP contribution in [0.1, 0.15) is 19.0 Å². The first-order valence-corrected chi connectivity index (χ1v) is 10.8. The van der Waals surface area contributed by atoms with Crippen molar-refractivity contribution in [3.63, 3.8) is 0 Å². The topological polar surface area (TPSA) is 125 Å². The maximum atomic E-state index is 12.5. The summed E-state index contributed by atoms with van der Waals surface area (Å²) in [5.41, 5.74) is 1.03. The highest BCUT2D eigenvalue weighted by molar-refractivity contribution is 5.90. The lowest BCUT2D eigenvalue weighted by atomic mass is 10.2. The molecule has 34 heavy (non-hydrogen) atoms. The molecule has 3 aromatic rings. The number of benzene rings is 2. The summed E-state index contributed by atoms with van der Waals surface area (Å²) in [6, 6.07) is 12.2. The molecule has 0 aliphatic rings. The van der Waals surface area contributed by atoms with Gasteiger partial charge in [-0.3, -0.25) is 9.59 Å². The van der Waals surface area contributed by atoms with Crippen LogP contribution in [0.25, 0.3) is 11.4 Å². The Balaban J connectivity index is 1.61. The van der Waals surface area contributed by atoms with Crippen LogP contribution in [0.4, 0.5) is 5.69 Å². The van der Waals surface area contributed by atoms with Crippen molar-refractivity contribution in [3.8, 4) is 28.6 Å². The molecule has 10 nitrogen and oxygen atoms in total. The first-order valence-electron chi connectivity index (χ1n) is 10.8. The van der Waals surface area contributed by atoms with Gasteiger partial charge in [-0.05, 0) is 49.4 Å². The SMILES string of the molecule is CCOCCOc1ccc(-c2nnc(CCC(=O)Nc3ccc(OC)cc3)c(=O)[nH]2)cc1OC. The van der Waals surface area contributed by atoms with Crippen molar-refractivity contribution in [2.75, 3.05) is 39.4 Å². The summed E-state index contributed by atoms with van der Waals surface area (Å²) in [4.78, 5) is 27.4. The molecule has 1 amide bonds. The number of methoxy groups -OCH3 is 2. The minimum atomic E-state index is -0.404. The minimum absolute atomic E-state index is 0.0880. The van der Waals surface area contributed by atoms with Crippen molar-refractivity contribution < 1.29 is 23.7 Å². The van der Waals surface area contributed by atoms with Crippen LogP contribution in [-0.4, -0.2) is 55.1 Å². The zero-order chi connectivity index (χ0) is 24.3. The third-order valence-electron chi connectivity index (χ3n) is 4.85. The van der Waals surface area contributed by atoms with E-state index in [1.165, 1.54) is 7.11 Å². The molecule has 3 rings (SSSR count). The Hall–Kier alpha value is -3.92. The van der Waals surface area contributed by atoms with E-state index in [0.29, 0.717) is 48.3 Å². The second-order valence-corrected chi connectivity index (χ2v) is 7.14. The number of hydrogen-bond acceptors (Lipinski definition) is 8. The summed E-state index contributed by atoms with van der Waals surface area (Å²) in [7, 11) is 3.10. The minimum Gasteiger partial charge on any atom is -0.497 e. The molecule has 0 aliphatic heterocycles. The van der Waals surface area contributed by atoms with Crippen molar-refractivity contribution >= 4 is 11.6 Å². The number of aromatic amines is 1. The molecule has 0 fully saturated rings. The van der Waals surface area contributed by atoms with Gasteiger partial charge in [0.15, 0.2) is 17.3 Å². The van der Waals surface area contributed by atoms with Crippen LogP contribution < -0.4 is 25.1 Å². The normalized spacial score (nSPS) is 10.6. The monoisotopic (exact) mass is 468 g/mol. The average molecular weight is 469 g/mol. The van der Waals surface area contributed by atoms with Crippen LogP contribution in [0.3, 0.4) is 0 Å². The molecule has 0 aliphatic carbocycles. The number of ether oxygens (including phenoxy) is 4. The average Bonchev–Trinajstić information content (AvgIpc) is 2.86. The number of hydrogen-bond donors (Lipinski definition) is 2. The van der Waals surface area contributed by atoms with E-state index < -0.39 is 5.56 Å². The Kier molecular flexibility index (Phi) is 8.98. The summed E-state index contributed by atoms with van der Waals surface area (Å²) < 4.78 is 21.4. The fourth-order valence-corrected chi connectivity index (χ4v) is 3.07. The number of nitrogens with zero attached hydrogens (tertiary/aromatic N) is 2. The highest BCUT2D eigenvalue weighted by atomic mass is 16.5. The number of H-pyrrole nitrogens is 1. The van der Waals surface area contributed by atoms with Gasteiger partial charge in [0.05, 0.1) is 20.8 Å². The van der Waals surface area contributed by atoms with Crippen molar-refractivity contribution in [2.24, 2.45) is 0 Å². The first kappa shape index (κ1) is 24.7. The Bertz CT molecular complexity index is 1150. The van der Waals surface area contributed by atoms with Crippen LogP contribution >= 0.6 is 0 Å². The molecule has 0 atom stereocenters. The number of nitrogens with one attached hydrogen (secondary N) is 2. The Morgan fingerprint density at radius 1 is 1.00 bits per heavy atom. The number of aryl methyl sites for hydroxylation is 1. The van der Waals surface area contributed by atoms with E-state index in [1.807, 2.05) is 6.92 Å². The molecule has 2 aromatic carbocycles. The molecule has 0 bridgehead atoms. The van der Waals surface area contributed by atoms with Crippen molar-refractivity contribution in [3.05, 3.63) is 58.5 Å². The number of aromatic nitrogens is 3. The molecule has 2 N–H and O–H groups in total. The van der Waals surface area contributed by atoms with Crippen molar-refractivity contribution in [1.82, 2.24) is 15.2 Å². The molecule has 0 spiro atoms.